The van der Waals surface area contributed by atoms with Crippen LogP contribution in [0.5, 0.6) is 0 Å². The van der Waals surface area contributed by atoms with Gasteiger partial charge in [-0.3, -0.25) is 10.1 Å². The van der Waals surface area contributed by atoms with E-state index < -0.39 is 4.92 Å². The zero-order valence-electron chi connectivity index (χ0n) is 10.6. The molecule has 0 aliphatic heterocycles. The van der Waals surface area contributed by atoms with Gasteiger partial charge in [0.05, 0.1) is 15.6 Å². The Morgan fingerprint density at radius 3 is 2.60 bits per heavy atom. The average Bonchev–Trinajstić information content (AvgIpc) is 2.41. The van der Waals surface area contributed by atoms with Crippen LogP contribution in [0.1, 0.15) is 18.5 Å². The number of hydrogen-bond donors (Lipinski definition) is 1. The fourth-order valence-corrected chi connectivity index (χ4v) is 2.20. The van der Waals surface area contributed by atoms with Crippen molar-refractivity contribution in [1.82, 2.24) is 0 Å². The summed E-state index contributed by atoms with van der Waals surface area (Å²) in [5.74, 6) is 0. The highest BCUT2D eigenvalue weighted by Gasteiger charge is 2.12. The number of anilines is 1. The lowest BCUT2D eigenvalue weighted by Crippen LogP contribution is -2.07. The van der Waals surface area contributed by atoms with Gasteiger partial charge in [0, 0.05) is 23.2 Å². The quantitative estimate of drug-likeness (QED) is 0.633. The summed E-state index contributed by atoms with van der Waals surface area (Å²) < 4.78 is 0. The second-order valence-corrected chi connectivity index (χ2v) is 5.19. The van der Waals surface area contributed by atoms with Gasteiger partial charge < -0.3 is 5.32 Å². The van der Waals surface area contributed by atoms with Crippen molar-refractivity contribution in [2.24, 2.45) is 0 Å². The first-order valence-corrected chi connectivity index (χ1v) is 6.69. The van der Waals surface area contributed by atoms with E-state index in [4.69, 9.17) is 23.2 Å². The largest absolute Gasteiger partial charge is 0.377 e. The molecule has 0 amide bonds. The topological polar surface area (TPSA) is 55.2 Å². The summed E-state index contributed by atoms with van der Waals surface area (Å²) in [6, 6.07) is 11.6. The minimum Gasteiger partial charge on any atom is -0.377 e. The van der Waals surface area contributed by atoms with E-state index in [9.17, 15) is 10.1 Å². The highest BCUT2D eigenvalue weighted by atomic mass is 35.5. The molecule has 6 heteroatoms. The van der Waals surface area contributed by atoms with Crippen molar-refractivity contribution in [3.05, 3.63) is 68.2 Å². The van der Waals surface area contributed by atoms with Crippen LogP contribution >= 0.6 is 23.2 Å². The molecule has 0 heterocycles. The molecule has 2 aromatic rings. The third-order valence-corrected chi connectivity index (χ3v) is 3.45. The van der Waals surface area contributed by atoms with Crippen molar-refractivity contribution in [2.75, 3.05) is 5.32 Å². The van der Waals surface area contributed by atoms with E-state index in [1.807, 2.05) is 25.1 Å². The first-order chi connectivity index (χ1) is 9.47. The maximum absolute atomic E-state index is 10.8. The zero-order valence-corrected chi connectivity index (χ0v) is 12.2. The molecule has 0 aliphatic carbocycles. The van der Waals surface area contributed by atoms with Gasteiger partial charge in [-0.2, -0.15) is 0 Å². The Morgan fingerprint density at radius 2 is 1.95 bits per heavy atom. The molecule has 2 aromatic carbocycles. The fraction of sp³-hybridized carbons (Fsp3) is 0.143. The lowest BCUT2D eigenvalue weighted by atomic mass is 10.1. The minimum atomic E-state index is -0.453. The summed E-state index contributed by atoms with van der Waals surface area (Å²) in [7, 11) is 0. The Morgan fingerprint density at radius 1 is 1.20 bits per heavy atom. The van der Waals surface area contributed by atoms with Crippen molar-refractivity contribution in [3.63, 3.8) is 0 Å². The van der Waals surface area contributed by atoms with Gasteiger partial charge >= 0.3 is 0 Å². The lowest BCUT2D eigenvalue weighted by Gasteiger charge is -2.16. The predicted molar refractivity (Wildman–Crippen MR) is 81.6 cm³/mol. The lowest BCUT2D eigenvalue weighted by molar-refractivity contribution is -0.384. The monoisotopic (exact) mass is 310 g/mol. The summed E-state index contributed by atoms with van der Waals surface area (Å²) in [5.41, 5.74) is 1.49. The van der Waals surface area contributed by atoms with Gasteiger partial charge in [0.1, 0.15) is 0 Å². The first kappa shape index (κ1) is 14.6. The number of halogens is 2. The van der Waals surface area contributed by atoms with Crippen molar-refractivity contribution in [2.45, 2.75) is 13.0 Å². The van der Waals surface area contributed by atoms with E-state index in [-0.39, 0.29) is 11.7 Å². The normalized spacial score (nSPS) is 11.9. The molecule has 0 aromatic heterocycles. The van der Waals surface area contributed by atoms with Crippen LogP contribution in [0.2, 0.25) is 10.0 Å². The molecule has 4 nitrogen and oxygen atoms in total. The van der Waals surface area contributed by atoms with Gasteiger partial charge in [0.15, 0.2) is 0 Å². The van der Waals surface area contributed by atoms with E-state index in [0.29, 0.717) is 15.7 Å². The van der Waals surface area contributed by atoms with E-state index in [0.717, 1.165) is 5.56 Å². The number of nitrogens with zero attached hydrogens (tertiary/aromatic N) is 1. The number of nitrogens with one attached hydrogen (secondary N) is 1. The molecular formula is C14H12Cl2N2O2. The molecule has 0 radical (unpaired) electrons. The number of non-ortho nitro benzene ring substituents is 1. The SMILES string of the molecule is CC(Nc1cc([N+](=O)[O-])ccc1Cl)c1cccc(Cl)c1. The maximum Gasteiger partial charge on any atom is 0.271 e. The number of rotatable bonds is 4. The van der Waals surface area contributed by atoms with Gasteiger partial charge in [-0.1, -0.05) is 35.3 Å². The number of nitro benzene ring substituents is 1. The molecule has 0 saturated carbocycles. The van der Waals surface area contributed by atoms with Crippen LogP contribution in [-0.4, -0.2) is 4.92 Å². The number of hydrogen-bond acceptors (Lipinski definition) is 3. The van der Waals surface area contributed by atoms with E-state index >= 15 is 0 Å². The van der Waals surface area contributed by atoms with Gasteiger partial charge in [-0.25, -0.2) is 0 Å². The van der Waals surface area contributed by atoms with Crippen LogP contribution in [0.25, 0.3) is 0 Å². The van der Waals surface area contributed by atoms with Crippen LogP contribution in [0.3, 0.4) is 0 Å². The summed E-state index contributed by atoms with van der Waals surface area (Å²) >= 11 is 12.0. The summed E-state index contributed by atoms with van der Waals surface area (Å²) in [5, 5.41) is 15.0. The molecule has 0 fully saturated rings. The van der Waals surface area contributed by atoms with Gasteiger partial charge in [-0.05, 0) is 30.7 Å². The highest BCUT2D eigenvalue weighted by Crippen LogP contribution is 2.30. The second kappa shape index (κ2) is 6.11. The third kappa shape index (κ3) is 3.40. The summed E-state index contributed by atoms with van der Waals surface area (Å²) in [6.45, 7) is 1.93. The molecule has 20 heavy (non-hydrogen) atoms. The van der Waals surface area contributed by atoms with Crippen molar-refractivity contribution < 1.29 is 4.92 Å². The molecule has 2 rings (SSSR count). The van der Waals surface area contributed by atoms with Gasteiger partial charge in [0.2, 0.25) is 0 Å². The Balaban J connectivity index is 2.25. The van der Waals surface area contributed by atoms with Crippen LogP contribution in [0.4, 0.5) is 11.4 Å². The Labute approximate surface area is 126 Å². The van der Waals surface area contributed by atoms with Crippen LogP contribution in [-0.2, 0) is 0 Å². The smallest absolute Gasteiger partial charge is 0.271 e. The van der Waals surface area contributed by atoms with Crippen molar-refractivity contribution >= 4 is 34.6 Å². The summed E-state index contributed by atoms with van der Waals surface area (Å²) in [6.07, 6.45) is 0. The molecule has 0 bridgehead atoms. The van der Waals surface area contributed by atoms with Crippen LogP contribution in [0, 0.1) is 10.1 Å². The molecule has 0 spiro atoms. The maximum atomic E-state index is 10.8. The second-order valence-electron chi connectivity index (χ2n) is 4.34. The predicted octanol–water partition coefficient (Wildman–Crippen LogP) is 5.07. The van der Waals surface area contributed by atoms with Gasteiger partial charge in [-0.15, -0.1) is 0 Å². The standard InChI is InChI=1S/C14H12Cl2N2O2/c1-9(10-3-2-4-11(15)7-10)17-14-8-12(18(19)20)5-6-13(14)16/h2-9,17H,1H3. The minimum absolute atomic E-state index is 0.00445. The van der Waals surface area contributed by atoms with Crippen molar-refractivity contribution in [3.8, 4) is 0 Å². The van der Waals surface area contributed by atoms with Crippen LogP contribution < -0.4 is 5.32 Å². The average molecular weight is 311 g/mol. The zero-order chi connectivity index (χ0) is 14.7. The highest BCUT2D eigenvalue weighted by molar-refractivity contribution is 6.33. The summed E-state index contributed by atoms with van der Waals surface area (Å²) in [4.78, 5) is 10.3. The molecule has 1 N–H and O–H groups in total. The van der Waals surface area contributed by atoms with Crippen LogP contribution in [0.15, 0.2) is 42.5 Å². The van der Waals surface area contributed by atoms with E-state index in [1.165, 1.54) is 18.2 Å². The third-order valence-electron chi connectivity index (χ3n) is 2.88. The molecule has 1 unspecified atom stereocenters. The van der Waals surface area contributed by atoms with Gasteiger partial charge in [0.25, 0.3) is 5.69 Å². The first-order valence-electron chi connectivity index (χ1n) is 5.93. The fourth-order valence-electron chi connectivity index (χ4n) is 1.83. The molecule has 1 atom stereocenters. The molecule has 104 valence electrons. The Kier molecular flexibility index (Phi) is 4.47. The van der Waals surface area contributed by atoms with Crippen molar-refractivity contribution in [1.29, 1.82) is 0 Å². The number of nitro groups is 1. The Bertz CT molecular complexity index is 647. The van der Waals surface area contributed by atoms with E-state index in [2.05, 4.69) is 5.32 Å². The number of benzene rings is 2. The molecule has 0 saturated heterocycles. The molecule has 0 aliphatic rings. The van der Waals surface area contributed by atoms with E-state index in [1.54, 1.807) is 6.07 Å². The Hall–Kier alpha value is -1.78. The molecular weight excluding hydrogens is 299 g/mol.